The van der Waals surface area contributed by atoms with Gasteiger partial charge in [0.05, 0.1) is 0 Å². The molecule has 0 aliphatic carbocycles. The van der Waals surface area contributed by atoms with Crippen molar-refractivity contribution in [1.29, 1.82) is 0 Å². The Morgan fingerprint density at radius 1 is 0.957 bits per heavy atom. The van der Waals surface area contributed by atoms with Crippen molar-refractivity contribution in [3.8, 4) is 5.75 Å². The molecule has 0 N–H and O–H groups in total. The predicted octanol–water partition coefficient (Wildman–Crippen LogP) is 4.14. The monoisotopic (exact) mass is 312 g/mol. The highest BCUT2D eigenvalue weighted by atomic mass is 16.5. The van der Waals surface area contributed by atoms with Crippen molar-refractivity contribution in [1.82, 2.24) is 0 Å². The predicted molar refractivity (Wildman–Crippen MR) is 87.2 cm³/mol. The number of hydrogen-bond donors (Lipinski definition) is 0. The topological polar surface area (TPSA) is 52.6 Å². The molecule has 0 aromatic heterocycles. The van der Waals surface area contributed by atoms with E-state index in [4.69, 9.17) is 9.47 Å². The van der Waals surface area contributed by atoms with Gasteiger partial charge >= 0.3 is 11.9 Å². The van der Waals surface area contributed by atoms with E-state index < -0.39 is 5.97 Å². The summed E-state index contributed by atoms with van der Waals surface area (Å²) in [5.41, 5.74) is 1.16. The molecule has 4 heteroatoms. The van der Waals surface area contributed by atoms with Crippen LogP contribution in [0.3, 0.4) is 0 Å². The van der Waals surface area contributed by atoms with E-state index in [1.54, 1.807) is 24.3 Å². The maximum atomic E-state index is 12.2. The van der Waals surface area contributed by atoms with E-state index in [1.807, 2.05) is 37.3 Å². The molecule has 0 heterocycles. The van der Waals surface area contributed by atoms with Crippen LogP contribution in [0.4, 0.5) is 0 Å². The summed E-state index contributed by atoms with van der Waals surface area (Å²) in [5.74, 6) is -0.602. The lowest BCUT2D eigenvalue weighted by Gasteiger charge is -2.10. The third kappa shape index (κ3) is 5.25. The molecule has 0 aliphatic rings. The highest BCUT2D eigenvalue weighted by molar-refractivity contribution is 5.93. The Morgan fingerprint density at radius 3 is 2.39 bits per heavy atom. The molecule has 0 bridgehead atoms. The number of rotatable bonds is 7. The van der Waals surface area contributed by atoms with Gasteiger partial charge < -0.3 is 9.47 Å². The Labute approximate surface area is 136 Å². The summed E-state index contributed by atoms with van der Waals surface area (Å²) in [6.07, 6.45) is 2.01. The van der Waals surface area contributed by atoms with E-state index in [-0.39, 0.29) is 23.9 Å². The van der Waals surface area contributed by atoms with Crippen LogP contribution in [0.1, 0.15) is 42.1 Å². The fourth-order valence-corrected chi connectivity index (χ4v) is 2.02. The molecule has 23 heavy (non-hydrogen) atoms. The Hall–Kier alpha value is -2.62. The molecule has 2 aromatic carbocycles. The lowest BCUT2D eigenvalue weighted by molar-refractivity contribution is -0.134. The van der Waals surface area contributed by atoms with E-state index in [9.17, 15) is 9.59 Å². The summed E-state index contributed by atoms with van der Waals surface area (Å²) in [5, 5.41) is 0. The minimum atomic E-state index is -0.507. The number of hydrogen-bond acceptors (Lipinski definition) is 4. The zero-order valence-electron chi connectivity index (χ0n) is 13.2. The highest BCUT2D eigenvalue weighted by Crippen LogP contribution is 2.20. The minimum absolute atomic E-state index is 0.178. The van der Waals surface area contributed by atoms with Crippen LogP contribution in [0.15, 0.2) is 54.6 Å². The third-order valence-corrected chi connectivity index (χ3v) is 3.28. The van der Waals surface area contributed by atoms with Crippen LogP contribution in [0, 0.1) is 0 Å². The zero-order valence-corrected chi connectivity index (χ0v) is 13.2. The number of esters is 2. The molecular formula is C19H20O4. The van der Waals surface area contributed by atoms with Crippen LogP contribution in [0.2, 0.25) is 0 Å². The van der Waals surface area contributed by atoms with Gasteiger partial charge in [-0.15, -0.1) is 0 Å². The SMILES string of the molecule is CCCCC(=O)Oc1ccccc1C(=O)OCc1ccccc1. The summed E-state index contributed by atoms with van der Waals surface area (Å²) in [6.45, 7) is 2.18. The molecule has 0 radical (unpaired) electrons. The Kier molecular flexibility index (Phi) is 6.36. The molecule has 0 fully saturated rings. The lowest BCUT2D eigenvalue weighted by Crippen LogP contribution is -2.12. The summed E-state index contributed by atoms with van der Waals surface area (Å²) >= 11 is 0. The standard InChI is InChI=1S/C19H20O4/c1-2-3-13-18(20)23-17-12-8-7-11-16(17)19(21)22-14-15-9-5-4-6-10-15/h4-12H,2-3,13-14H2,1H3. The number of carbonyl (C=O) groups is 2. The molecule has 0 spiro atoms. The zero-order chi connectivity index (χ0) is 16.5. The maximum Gasteiger partial charge on any atom is 0.342 e. The average Bonchev–Trinajstić information content (AvgIpc) is 2.59. The smallest absolute Gasteiger partial charge is 0.342 e. The minimum Gasteiger partial charge on any atom is -0.457 e. The van der Waals surface area contributed by atoms with E-state index in [1.165, 1.54) is 0 Å². The average molecular weight is 312 g/mol. The second kappa shape index (κ2) is 8.73. The van der Waals surface area contributed by atoms with Crippen molar-refractivity contribution in [2.75, 3.05) is 0 Å². The fraction of sp³-hybridized carbons (Fsp3) is 0.263. The number of carbonyl (C=O) groups excluding carboxylic acids is 2. The molecule has 0 unspecified atom stereocenters. The van der Waals surface area contributed by atoms with Crippen LogP contribution < -0.4 is 4.74 Å². The first-order valence-corrected chi connectivity index (χ1v) is 7.71. The fourth-order valence-electron chi connectivity index (χ4n) is 2.02. The normalized spacial score (nSPS) is 10.1. The van der Waals surface area contributed by atoms with Crippen molar-refractivity contribution >= 4 is 11.9 Å². The molecule has 0 amide bonds. The van der Waals surface area contributed by atoms with Gasteiger partial charge in [-0.3, -0.25) is 4.79 Å². The van der Waals surface area contributed by atoms with Crippen molar-refractivity contribution in [2.45, 2.75) is 32.8 Å². The molecule has 120 valence electrons. The van der Waals surface area contributed by atoms with E-state index in [2.05, 4.69) is 0 Å². The molecule has 0 saturated carbocycles. The maximum absolute atomic E-state index is 12.2. The Morgan fingerprint density at radius 2 is 1.65 bits per heavy atom. The Bertz CT molecular complexity index is 649. The molecular weight excluding hydrogens is 292 g/mol. The summed E-state index contributed by atoms with van der Waals surface area (Å²) in [6, 6.07) is 16.0. The first kappa shape index (κ1) is 16.7. The third-order valence-electron chi connectivity index (χ3n) is 3.28. The number of benzene rings is 2. The van der Waals surface area contributed by atoms with Crippen LogP contribution >= 0.6 is 0 Å². The lowest BCUT2D eigenvalue weighted by atomic mass is 10.2. The first-order chi connectivity index (χ1) is 11.2. The van der Waals surface area contributed by atoms with Crippen LogP contribution in [0.25, 0.3) is 0 Å². The number of ether oxygens (including phenoxy) is 2. The molecule has 0 atom stereocenters. The molecule has 0 saturated heterocycles. The van der Waals surface area contributed by atoms with Crippen molar-refractivity contribution in [3.05, 3.63) is 65.7 Å². The van der Waals surface area contributed by atoms with Gasteiger partial charge in [-0.2, -0.15) is 0 Å². The molecule has 2 rings (SSSR count). The second-order valence-corrected chi connectivity index (χ2v) is 5.14. The summed E-state index contributed by atoms with van der Waals surface area (Å²) in [7, 11) is 0. The van der Waals surface area contributed by atoms with Gasteiger partial charge in [-0.25, -0.2) is 4.79 Å². The van der Waals surface area contributed by atoms with Gasteiger partial charge in [0, 0.05) is 6.42 Å². The van der Waals surface area contributed by atoms with Gasteiger partial charge in [0.25, 0.3) is 0 Å². The molecule has 2 aromatic rings. The highest BCUT2D eigenvalue weighted by Gasteiger charge is 2.16. The van der Waals surface area contributed by atoms with Gasteiger partial charge in [0.1, 0.15) is 17.9 Å². The van der Waals surface area contributed by atoms with E-state index >= 15 is 0 Å². The molecule has 0 aliphatic heterocycles. The van der Waals surface area contributed by atoms with Crippen LogP contribution in [-0.2, 0) is 16.1 Å². The van der Waals surface area contributed by atoms with Crippen molar-refractivity contribution in [2.24, 2.45) is 0 Å². The van der Waals surface area contributed by atoms with Crippen molar-refractivity contribution in [3.63, 3.8) is 0 Å². The molecule has 4 nitrogen and oxygen atoms in total. The number of unbranched alkanes of at least 4 members (excludes halogenated alkanes) is 1. The summed E-state index contributed by atoms with van der Waals surface area (Å²) < 4.78 is 10.6. The van der Waals surface area contributed by atoms with Gasteiger partial charge in [-0.1, -0.05) is 55.8 Å². The van der Waals surface area contributed by atoms with E-state index in [0.29, 0.717) is 6.42 Å². The Balaban J connectivity index is 2.01. The largest absolute Gasteiger partial charge is 0.457 e. The second-order valence-electron chi connectivity index (χ2n) is 5.14. The van der Waals surface area contributed by atoms with Gasteiger partial charge in [0.15, 0.2) is 0 Å². The quantitative estimate of drug-likeness (QED) is 0.569. The van der Waals surface area contributed by atoms with Crippen molar-refractivity contribution < 1.29 is 19.1 Å². The van der Waals surface area contributed by atoms with E-state index in [0.717, 1.165) is 18.4 Å². The number of para-hydroxylation sites is 1. The van der Waals surface area contributed by atoms with Gasteiger partial charge in [0.2, 0.25) is 0 Å². The van der Waals surface area contributed by atoms with Crippen LogP contribution in [0.5, 0.6) is 5.75 Å². The summed E-state index contributed by atoms with van der Waals surface area (Å²) in [4.78, 5) is 24.0. The first-order valence-electron chi connectivity index (χ1n) is 7.71. The van der Waals surface area contributed by atoms with Gasteiger partial charge in [-0.05, 0) is 24.1 Å². The van der Waals surface area contributed by atoms with Crippen LogP contribution in [-0.4, -0.2) is 11.9 Å².